The molecule has 4 heteroatoms. The Hall–Kier alpha value is 0.170. The molecule has 0 unspecified atom stereocenters. The Morgan fingerprint density at radius 3 is 2.47 bits per heavy atom. The molecule has 0 heterocycles. The van der Waals surface area contributed by atoms with Crippen molar-refractivity contribution in [2.75, 3.05) is 39.9 Å². The maximum absolute atomic E-state index is 5.38. The van der Waals surface area contributed by atoms with E-state index in [1.807, 2.05) is 0 Å². The fraction of sp³-hybridized carbons (Fsp3) is 1.00. The van der Waals surface area contributed by atoms with Crippen LogP contribution in [0.25, 0.3) is 0 Å². The van der Waals surface area contributed by atoms with Crippen LogP contribution in [-0.4, -0.2) is 44.8 Å². The molecule has 0 atom stereocenters. The summed E-state index contributed by atoms with van der Waals surface area (Å²) in [6.07, 6.45) is 8.64. The molecule has 0 amide bonds. The van der Waals surface area contributed by atoms with Crippen LogP contribution >= 0.6 is 12.4 Å². The molecule has 1 rings (SSSR count). The molecule has 1 aliphatic carbocycles. The minimum absolute atomic E-state index is 0. The maximum Gasteiger partial charge on any atom is 0.0593 e. The van der Waals surface area contributed by atoms with Crippen molar-refractivity contribution in [2.45, 2.75) is 38.5 Å². The zero-order chi connectivity index (χ0) is 11.6. The Kier molecular flexibility index (Phi) is 11.4. The maximum atomic E-state index is 5.38. The first-order valence-corrected chi connectivity index (χ1v) is 6.79. The van der Waals surface area contributed by atoms with Crippen molar-refractivity contribution >= 4 is 12.4 Å². The normalized spacial score (nSPS) is 17.1. The largest absolute Gasteiger partial charge is 0.379 e. The van der Waals surface area contributed by atoms with E-state index < -0.39 is 0 Å². The van der Waals surface area contributed by atoms with Gasteiger partial charge in [-0.2, -0.15) is 0 Å². The van der Waals surface area contributed by atoms with E-state index in [1.54, 1.807) is 0 Å². The summed E-state index contributed by atoms with van der Waals surface area (Å²) >= 11 is 0. The van der Waals surface area contributed by atoms with E-state index in [2.05, 4.69) is 11.9 Å². The quantitative estimate of drug-likeness (QED) is 0.684. The highest BCUT2D eigenvalue weighted by Gasteiger charge is 2.13. The third-order valence-corrected chi connectivity index (χ3v) is 3.52. The molecule has 0 radical (unpaired) electrons. The second kappa shape index (κ2) is 11.3. The van der Waals surface area contributed by atoms with Gasteiger partial charge in [0.15, 0.2) is 0 Å². The van der Waals surface area contributed by atoms with Crippen LogP contribution in [0.2, 0.25) is 0 Å². The minimum atomic E-state index is 0. The van der Waals surface area contributed by atoms with Crippen LogP contribution in [0.15, 0.2) is 0 Å². The number of halogens is 1. The number of nitrogens with zero attached hydrogens (tertiary/aromatic N) is 1. The van der Waals surface area contributed by atoms with Crippen molar-refractivity contribution in [3.63, 3.8) is 0 Å². The Morgan fingerprint density at radius 2 is 1.82 bits per heavy atom. The predicted octanol–water partition coefficient (Wildman–Crippen LogP) is 2.29. The summed E-state index contributed by atoms with van der Waals surface area (Å²) in [7, 11) is 2.19. The fourth-order valence-corrected chi connectivity index (χ4v) is 2.40. The zero-order valence-corrected chi connectivity index (χ0v) is 12.0. The van der Waals surface area contributed by atoms with E-state index >= 15 is 0 Å². The van der Waals surface area contributed by atoms with E-state index in [1.165, 1.54) is 45.1 Å². The molecule has 0 aliphatic heterocycles. The molecular weight excluding hydrogens is 236 g/mol. The van der Waals surface area contributed by atoms with E-state index in [0.29, 0.717) is 13.2 Å². The van der Waals surface area contributed by atoms with Crippen LogP contribution in [0.1, 0.15) is 38.5 Å². The highest BCUT2D eigenvalue weighted by Crippen LogP contribution is 2.26. The van der Waals surface area contributed by atoms with Gasteiger partial charge in [0.05, 0.1) is 13.2 Å². The van der Waals surface area contributed by atoms with E-state index in [9.17, 15) is 0 Å². The third-order valence-electron chi connectivity index (χ3n) is 3.52. The van der Waals surface area contributed by atoms with Gasteiger partial charge in [-0.3, -0.25) is 0 Å². The van der Waals surface area contributed by atoms with Crippen molar-refractivity contribution in [3.05, 3.63) is 0 Å². The molecule has 1 fully saturated rings. The predicted molar refractivity (Wildman–Crippen MR) is 75.8 cm³/mol. The first-order valence-electron chi connectivity index (χ1n) is 6.79. The van der Waals surface area contributed by atoms with Crippen LogP contribution in [0.3, 0.4) is 0 Å². The molecule has 0 aromatic rings. The summed E-state index contributed by atoms with van der Waals surface area (Å²) in [5.74, 6) is 0.987. The van der Waals surface area contributed by atoms with Gasteiger partial charge in [-0.1, -0.05) is 32.1 Å². The molecular formula is C13H29ClN2O. The van der Waals surface area contributed by atoms with Gasteiger partial charge in [0.2, 0.25) is 0 Å². The second-order valence-electron chi connectivity index (χ2n) is 5.00. The summed E-state index contributed by atoms with van der Waals surface area (Å²) in [5.41, 5.74) is 5.36. The minimum Gasteiger partial charge on any atom is -0.379 e. The monoisotopic (exact) mass is 264 g/mol. The van der Waals surface area contributed by atoms with Gasteiger partial charge in [-0.15, -0.1) is 12.4 Å². The SMILES string of the molecule is CN(CCOCCN)CCC1CCCCC1.Cl. The average Bonchev–Trinajstić information content (AvgIpc) is 2.33. The smallest absolute Gasteiger partial charge is 0.0593 e. The molecule has 104 valence electrons. The lowest BCUT2D eigenvalue weighted by Crippen LogP contribution is -2.27. The molecule has 0 aromatic heterocycles. The molecule has 3 nitrogen and oxygen atoms in total. The highest BCUT2D eigenvalue weighted by molar-refractivity contribution is 5.85. The van der Waals surface area contributed by atoms with Crippen LogP contribution in [0, 0.1) is 5.92 Å². The first kappa shape index (κ1) is 17.2. The van der Waals surface area contributed by atoms with Crippen LogP contribution in [0.5, 0.6) is 0 Å². The summed E-state index contributed by atoms with van der Waals surface area (Å²) < 4.78 is 5.38. The number of hydrogen-bond acceptors (Lipinski definition) is 3. The number of hydrogen-bond donors (Lipinski definition) is 1. The number of rotatable bonds is 8. The Bertz CT molecular complexity index is 163. The van der Waals surface area contributed by atoms with Gasteiger partial charge in [-0.05, 0) is 25.9 Å². The number of ether oxygens (including phenoxy) is 1. The van der Waals surface area contributed by atoms with Gasteiger partial charge in [-0.25, -0.2) is 0 Å². The van der Waals surface area contributed by atoms with Crippen molar-refractivity contribution in [1.29, 1.82) is 0 Å². The van der Waals surface area contributed by atoms with Crippen molar-refractivity contribution in [3.8, 4) is 0 Å². The van der Waals surface area contributed by atoms with E-state index in [-0.39, 0.29) is 12.4 Å². The van der Waals surface area contributed by atoms with Gasteiger partial charge in [0.25, 0.3) is 0 Å². The van der Waals surface area contributed by atoms with Crippen LogP contribution < -0.4 is 5.73 Å². The molecule has 2 N–H and O–H groups in total. The second-order valence-corrected chi connectivity index (χ2v) is 5.00. The Labute approximate surface area is 112 Å². The first-order chi connectivity index (χ1) is 7.83. The molecule has 17 heavy (non-hydrogen) atoms. The Balaban J connectivity index is 0.00000256. The zero-order valence-electron chi connectivity index (χ0n) is 11.2. The average molecular weight is 265 g/mol. The highest BCUT2D eigenvalue weighted by atomic mass is 35.5. The summed E-state index contributed by atoms with van der Waals surface area (Å²) in [5, 5.41) is 0. The Morgan fingerprint density at radius 1 is 1.12 bits per heavy atom. The molecule has 0 aromatic carbocycles. The van der Waals surface area contributed by atoms with E-state index in [0.717, 1.165) is 19.1 Å². The van der Waals surface area contributed by atoms with Crippen molar-refractivity contribution in [1.82, 2.24) is 4.90 Å². The topological polar surface area (TPSA) is 38.5 Å². The lowest BCUT2D eigenvalue weighted by Gasteiger charge is -2.24. The third kappa shape index (κ3) is 8.83. The van der Waals surface area contributed by atoms with Gasteiger partial charge < -0.3 is 15.4 Å². The summed E-state index contributed by atoms with van der Waals surface area (Å²) in [4.78, 5) is 2.38. The number of nitrogens with two attached hydrogens (primary N) is 1. The van der Waals surface area contributed by atoms with E-state index in [4.69, 9.17) is 10.5 Å². The van der Waals surface area contributed by atoms with Crippen molar-refractivity contribution < 1.29 is 4.74 Å². The van der Waals surface area contributed by atoms with Crippen molar-refractivity contribution in [2.24, 2.45) is 11.7 Å². The van der Waals surface area contributed by atoms with Gasteiger partial charge in [0, 0.05) is 13.1 Å². The summed E-state index contributed by atoms with van der Waals surface area (Å²) in [6, 6.07) is 0. The lowest BCUT2D eigenvalue weighted by molar-refractivity contribution is 0.114. The number of likely N-dealkylation sites (N-methyl/N-ethyl adjacent to an activating group) is 1. The van der Waals surface area contributed by atoms with Crippen LogP contribution in [0.4, 0.5) is 0 Å². The van der Waals surface area contributed by atoms with Gasteiger partial charge in [0.1, 0.15) is 0 Å². The fourth-order valence-electron chi connectivity index (χ4n) is 2.40. The molecule has 1 aliphatic rings. The standard InChI is InChI=1S/C13H28N2O.ClH/c1-15(10-12-16-11-8-14)9-7-13-5-3-2-4-6-13;/h13H,2-12,14H2,1H3;1H. The summed E-state index contributed by atoms with van der Waals surface area (Å²) in [6.45, 7) is 4.39. The van der Waals surface area contributed by atoms with Crippen LogP contribution in [-0.2, 0) is 4.74 Å². The molecule has 0 spiro atoms. The lowest BCUT2D eigenvalue weighted by atomic mass is 9.87. The molecule has 0 saturated heterocycles. The van der Waals surface area contributed by atoms with Gasteiger partial charge >= 0.3 is 0 Å². The molecule has 0 bridgehead atoms. The molecule has 1 saturated carbocycles.